The first-order valence-corrected chi connectivity index (χ1v) is 8.91. The lowest BCUT2D eigenvalue weighted by Gasteiger charge is -1.98. The number of nitrogens with one attached hydrogen (secondary N) is 1. The van der Waals surface area contributed by atoms with E-state index in [4.69, 9.17) is 4.36 Å². The van der Waals surface area contributed by atoms with Crippen molar-refractivity contribution in [1.29, 1.82) is 0 Å². The fourth-order valence-electron chi connectivity index (χ4n) is 2.31. The topological polar surface area (TPSA) is 40.5 Å². The Bertz CT molecular complexity index is 936. The van der Waals surface area contributed by atoms with Crippen LogP contribution < -0.4 is 0 Å². The van der Waals surface area contributed by atoms with E-state index in [0.29, 0.717) is 0 Å². The molecule has 0 radical (unpaired) electrons. The molecule has 5 heteroatoms. The van der Waals surface area contributed by atoms with Crippen molar-refractivity contribution in [2.24, 2.45) is 9.36 Å². The number of hydrogen-bond donors (Lipinski definition) is 1. The van der Waals surface area contributed by atoms with Crippen molar-refractivity contribution in [3.63, 3.8) is 0 Å². The maximum atomic E-state index is 4.75. The SMILES string of the molecule is Brc1ccc(C2=CS(=Nc3ccc4cc[nH]c4c3)C=N2)cc1. The number of halogens is 1. The van der Waals surface area contributed by atoms with Crippen LogP contribution in [0.4, 0.5) is 5.69 Å². The number of fused-ring (bicyclic) bond motifs is 1. The highest BCUT2D eigenvalue weighted by molar-refractivity contribution is 9.10. The van der Waals surface area contributed by atoms with Gasteiger partial charge in [-0.05, 0) is 46.4 Å². The zero-order chi connectivity index (χ0) is 14.9. The Morgan fingerprint density at radius 1 is 1.05 bits per heavy atom. The molecule has 1 unspecified atom stereocenters. The van der Waals surface area contributed by atoms with E-state index in [0.717, 1.165) is 26.9 Å². The molecular weight excluding hydrogens is 358 g/mol. The number of benzene rings is 2. The molecule has 108 valence electrons. The molecule has 2 aromatic carbocycles. The molecule has 3 nitrogen and oxygen atoms in total. The number of aliphatic imine (C=N–C) groups is 1. The Balaban J connectivity index is 1.66. The van der Waals surface area contributed by atoms with Crippen LogP contribution in [0.15, 0.2) is 74.0 Å². The van der Waals surface area contributed by atoms with Crippen LogP contribution in [0.5, 0.6) is 0 Å². The minimum absolute atomic E-state index is 0.299. The summed E-state index contributed by atoms with van der Waals surface area (Å²) in [6.07, 6.45) is 1.94. The monoisotopic (exact) mass is 369 g/mol. The van der Waals surface area contributed by atoms with Crippen molar-refractivity contribution in [3.05, 3.63) is 70.2 Å². The molecule has 0 saturated heterocycles. The summed E-state index contributed by atoms with van der Waals surface area (Å²) in [5, 5.41) is 3.32. The summed E-state index contributed by atoms with van der Waals surface area (Å²) in [4.78, 5) is 7.71. The maximum absolute atomic E-state index is 4.75. The molecule has 1 aromatic heterocycles. The number of aromatic amines is 1. The van der Waals surface area contributed by atoms with Gasteiger partial charge in [-0.2, -0.15) is 0 Å². The van der Waals surface area contributed by atoms with E-state index in [2.05, 4.69) is 61.6 Å². The third-order valence-corrected chi connectivity index (χ3v) is 5.16. The molecule has 22 heavy (non-hydrogen) atoms. The summed E-state index contributed by atoms with van der Waals surface area (Å²) in [5.41, 5.74) is 6.09. The van der Waals surface area contributed by atoms with Crippen molar-refractivity contribution >= 4 is 54.5 Å². The Kier molecular flexibility index (Phi) is 3.52. The molecule has 2 heterocycles. The second kappa shape index (κ2) is 5.66. The molecule has 3 aromatic rings. The molecule has 1 atom stereocenters. The second-order valence-electron chi connectivity index (χ2n) is 4.93. The first-order valence-electron chi connectivity index (χ1n) is 6.81. The fourth-order valence-corrected chi connectivity index (χ4v) is 3.74. The Morgan fingerprint density at radius 3 is 2.77 bits per heavy atom. The quantitative estimate of drug-likeness (QED) is 0.627. The third kappa shape index (κ3) is 2.69. The molecule has 1 aliphatic rings. The van der Waals surface area contributed by atoms with Crippen LogP contribution in [0.1, 0.15) is 5.56 Å². The predicted octanol–water partition coefficient (Wildman–Crippen LogP) is 5.40. The van der Waals surface area contributed by atoms with Crippen molar-refractivity contribution < 1.29 is 0 Å². The van der Waals surface area contributed by atoms with Gasteiger partial charge in [-0.25, -0.2) is 9.36 Å². The van der Waals surface area contributed by atoms with E-state index < -0.39 is 0 Å². The van der Waals surface area contributed by atoms with E-state index in [-0.39, 0.29) is 10.7 Å². The van der Waals surface area contributed by atoms with Gasteiger partial charge in [0.05, 0.1) is 16.9 Å². The highest BCUT2D eigenvalue weighted by atomic mass is 79.9. The standard InChI is InChI=1S/C17H12BrN3S/c18-14-4-1-12(2-5-14)17-10-22(11-20-17)21-15-6-3-13-7-8-19-16(13)9-15/h1-11,19H. The molecule has 0 aliphatic carbocycles. The normalized spacial score (nSPS) is 17.3. The molecule has 4 rings (SSSR count). The maximum Gasteiger partial charge on any atom is 0.0785 e. The first kappa shape index (κ1) is 13.7. The Hall–Kier alpha value is -1.98. The highest BCUT2D eigenvalue weighted by Crippen LogP contribution is 2.25. The third-order valence-electron chi connectivity index (χ3n) is 3.42. The smallest absolute Gasteiger partial charge is 0.0785 e. The lowest BCUT2D eigenvalue weighted by atomic mass is 10.2. The van der Waals surface area contributed by atoms with E-state index in [9.17, 15) is 0 Å². The van der Waals surface area contributed by atoms with Crippen LogP contribution in [0.3, 0.4) is 0 Å². The number of nitrogens with zero attached hydrogens (tertiary/aromatic N) is 2. The predicted molar refractivity (Wildman–Crippen MR) is 98.4 cm³/mol. The zero-order valence-electron chi connectivity index (χ0n) is 11.5. The van der Waals surface area contributed by atoms with Crippen LogP contribution in [0, 0.1) is 0 Å². The zero-order valence-corrected chi connectivity index (χ0v) is 13.9. The molecule has 0 saturated carbocycles. The summed E-state index contributed by atoms with van der Waals surface area (Å²) in [5.74, 6) is 0. The highest BCUT2D eigenvalue weighted by Gasteiger charge is 2.07. The van der Waals surface area contributed by atoms with Crippen LogP contribution in [-0.4, -0.2) is 10.5 Å². The van der Waals surface area contributed by atoms with Gasteiger partial charge < -0.3 is 4.98 Å². The molecule has 1 N–H and O–H groups in total. The van der Waals surface area contributed by atoms with Crippen LogP contribution in [0.2, 0.25) is 0 Å². The molecule has 0 amide bonds. The van der Waals surface area contributed by atoms with Crippen molar-refractivity contribution in [2.45, 2.75) is 0 Å². The number of H-pyrrole nitrogens is 1. The van der Waals surface area contributed by atoms with Crippen LogP contribution in [0.25, 0.3) is 16.6 Å². The van der Waals surface area contributed by atoms with Gasteiger partial charge in [0.25, 0.3) is 0 Å². The van der Waals surface area contributed by atoms with E-state index in [1.54, 1.807) is 0 Å². The number of rotatable bonds is 2. The van der Waals surface area contributed by atoms with Crippen molar-refractivity contribution in [2.75, 3.05) is 0 Å². The lowest BCUT2D eigenvalue weighted by Crippen LogP contribution is -1.79. The van der Waals surface area contributed by atoms with Gasteiger partial charge >= 0.3 is 0 Å². The van der Waals surface area contributed by atoms with E-state index in [1.807, 2.05) is 29.9 Å². The van der Waals surface area contributed by atoms with Gasteiger partial charge in [-0.3, -0.25) is 0 Å². The first-order chi connectivity index (χ1) is 10.8. The summed E-state index contributed by atoms with van der Waals surface area (Å²) in [6, 6.07) is 16.4. The van der Waals surface area contributed by atoms with Crippen molar-refractivity contribution in [3.8, 4) is 0 Å². The van der Waals surface area contributed by atoms with Crippen LogP contribution in [-0.2, 0) is 10.7 Å². The van der Waals surface area contributed by atoms with Gasteiger partial charge in [0, 0.05) is 27.2 Å². The van der Waals surface area contributed by atoms with E-state index >= 15 is 0 Å². The summed E-state index contributed by atoms with van der Waals surface area (Å²) < 4.78 is 5.82. The molecule has 0 bridgehead atoms. The largest absolute Gasteiger partial charge is 0.361 e. The molecule has 0 fully saturated rings. The average molecular weight is 370 g/mol. The van der Waals surface area contributed by atoms with Gasteiger partial charge in [0.2, 0.25) is 0 Å². The molecule has 1 aliphatic heterocycles. The number of hydrogen-bond acceptors (Lipinski definition) is 2. The average Bonchev–Trinajstić information content (AvgIpc) is 3.17. The lowest BCUT2D eigenvalue weighted by molar-refractivity contribution is 1.47. The number of aromatic nitrogens is 1. The summed E-state index contributed by atoms with van der Waals surface area (Å²) in [6.45, 7) is 0. The Morgan fingerprint density at radius 2 is 1.91 bits per heavy atom. The van der Waals surface area contributed by atoms with Gasteiger partial charge in [0.15, 0.2) is 0 Å². The minimum Gasteiger partial charge on any atom is -0.361 e. The van der Waals surface area contributed by atoms with E-state index in [1.165, 1.54) is 5.39 Å². The summed E-state index contributed by atoms with van der Waals surface area (Å²) in [7, 11) is -0.299. The van der Waals surface area contributed by atoms with Gasteiger partial charge in [-0.15, -0.1) is 0 Å². The summed E-state index contributed by atoms with van der Waals surface area (Å²) >= 11 is 3.45. The molecular formula is C17H12BrN3S. The van der Waals surface area contributed by atoms with Gasteiger partial charge in [-0.1, -0.05) is 34.1 Å². The van der Waals surface area contributed by atoms with Gasteiger partial charge in [0.1, 0.15) is 0 Å². The Labute approximate surface area is 139 Å². The minimum atomic E-state index is -0.299. The fraction of sp³-hybridized carbons (Fsp3) is 0. The van der Waals surface area contributed by atoms with Crippen LogP contribution >= 0.6 is 15.9 Å². The second-order valence-corrected chi connectivity index (χ2v) is 7.17. The molecule has 0 spiro atoms. The van der Waals surface area contributed by atoms with Crippen molar-refractivity contribution in [1.82, 2.24) is 4.98 Å².